The Morgan fingerprint density at radius 2 is 1.76 bits per heavy atom. The number of carbonyl (C=O) groups excluding carboxylic acids is 1. The minimum atomic E-state index is -0.442. The van der Waals surface area contributed by atoms with Crippen molar-refractivity contribution >= 4 is 17.6 Å². The van der Waals surface area contributed by atoms with Crippen LogP contribution in [0.25, 0.3) is 17.3 Å². The van der Waals surface area contributed by atoms with E-state index >= 15 is 0 Å². The second-order valence-electron chi connectivity index (χ2n) is 6.32. The van der Waals surface area contributed by atoms with Gasteiger partial charge in [-0.25, -0.2) is 9.48 Å². The molecule has 0 atom stereocenters. The molecule has 6 nitrogen and oxygen atoms in total. The summed E-state index contributed by atoms with van der Waals surface area (Å²) in [5.74, 6) is 0.876. The highest BCUT2D eigenvalue weighted by Crippen LogP contribution is 2.30. The van der Waals surface area contributed by atoms with Gasteiger partial charge in [0.2, 0.25) is 0 Å². The first-order valence-corrected chi connectivity index (χ1v) is 9.30. The van der Waals surface area contributed by atoms with Gasteiger partial charge >= 0.3 is 5.97 Å². The van der Waals surface area contributed by atoms with Crippen LogP contribution >= 0.6 is 0 Å². The van der Waals surface area contributed by atoms with Gasteiger partial charge in [-0.2, -0.15) is 5.10 Å². The maximum absolute atomic E-state index is 12.2. The normalized spacial score (nSPS) is 11.2. The zero-order chi connectivity index (χ0) is 20.8. The Balaban J connectivity index is 2.06. The van der Waals surface area contributed by atoms with Gasteiger partial charge in [-0.05, 0) is 61.4 Å². The number of esters is 1. The number of methoxy groups -OCH3 is 2. The number of para-hydroxylation sites is 1. The first-order chi connectivity index (χ1) is 14.1. The molecule has 0 saturated heterocycles. The number of hydrogen-bond donors (Lipinski definition) is 0. The van der Waals surface area contributed by atoms with Gasteiger partial charge in [-0.3, -0.25) is 0 Å². The Labute approximate surface area is 170 Å². The van der Waals surface area contributed by atoms with Gasteiger partial charge in [0.15, 0.2) is 17.2 Å². The molecular weight excluding hydrogens is 368 g/mol. The average Bonchev–Trinajstić information content (AvgIpc) is 3.20. The van der Waals surface area contributed by atoms with Crippen molar-refractivity contribution in [2.45, 2.75) is 13.8 Å². The predicted octanol–water partition coefficient (Wildman–Crippen LogP) is 4.63. The molecule has 0 aliphatic carbocycles. The number of ether oxygens (including phenoxy) is 3. The minimum Gasteiger partial charge on any atom is -0.493 e. The Hall–Kier alpha value is -3.54. The summed E-state index contributed by atoms with van der Waals surface area (Å²) in [6.07, 6.45) is 2.01. The van der Waals surface area contributed by atoms with Crippen LogP contribution in [-0.2, 0) is 4.74 Å². The Bertz CT molecular complexity index is 1020. The lowest BCUT2D eigenvalue weighted by atomic mass is 10.1. The summed E-state index contributed by atoms with van der Waals surface area (Å²) in [7, 11) is 3.21. The van der Waals surface area contributed by atoms with E-state index in [-0.39, 0.29) is 5.69 Å². The molecule has 0 unspecified atom stereocenters. The van der Waals surface area contributed by atoms with E-state index in [1.165, 1.54) is 0 Å². The lowest BCUT2D eigenvalue weighted by Gasteiger charge is -2.10. The molecule has 6 heteroatoms. The van der Waals surface area contributed by atoms with E-state index in [1.54, 1.807) is 31.9 Å². The van der Waals surface area contributed by atoms with Gasteiger partial charge in [-0.15, -0.1) is 0 Å². The molecule has 1 aromatic heterocycles. The molecule has 3 rings (SSSR count). The molecule has 0 N–H and O–H groups in total. The zero-order valence-corrected chi connectivity index (χ0v) is 17.0. The third kappa shape index (κ3) is 4.48. The second kappa shape index (κ2) is 9.10. The maximum Gasteiger partial charge on any atom is 0.358 e. The lowest BCUT2D eigenvalue weighted by Crippen LogP contribution is -2.07. The molecule has 0 spiro atoms. The summed E-state index contributed by atoms with van der Waals surface area (Å²) >= 11 is 0. The summed E-state index contributed by atoms with van der Waals surface area (Å²) in [6, 6.07) is 17.1. The summed E-state index contributed by atoms with van der Waals surface area (Å²) in [5.41, 5.74) is 3.81. The van der Waals surface area contributed by atoms with E-state index in [1.807, 2.05) is 61.5 Å². The van der Waals surface area contributed by atoms with Crippen LogP contribution < -0.4 is 9.47 Å². The molecule has 1 heterocycles. The quantitative estimate of drug-likeness (QED) is 0.549. The van der Waals surface area contributed by atoms with Crippen molar-refractivity contribution in [2.24, 2.45) is 0 Å². The molecule has 0 radical (unpaired) electrons. The molecule has 0 aliphatic rings. The topological polar surface area (TPSA) is 62.6 Å². The fraction of sp³-hybridized carbons (Fsp3) is 0.217. The van der Waals surface area contributed by atoms with Crippen molar-refractivity contribution < 1.29 is 19.0 Å². The SMILES string of the molecule is CCOC(=O)c1cc(/C(C)=C\c2ccc(OC)c(OC)c2)n(-c2ccccc2)n1. The van der Waals surface area contributed by atoms with Crippen LogP contribution in [0, 0.1) is 0 Å². The first kappa shape index (κ1) is 20.2. The molecule has 0 aliphatic heterocycles. The molecule has 0 saturated carbocycles. The summed E-state index contributed by atoms with van der Waals surface area (Å²) in [6.45, 7) is 4.05. The van der Waals surface area contributed by atoms with E-state index in [0.717, 1.165) is 22.5 Å². The van der Waals surface area contributed by atoms with E-state index < -0.39 is 5.97 Å². The van der Waals surface area contributed by atoms with Crippen LogP contribution in [0.2, 0.25) is 0 Å². The van der Waals surface area contributed by atoms with Crippen molar-refractivity contribution in [2.75, 3.05) is 20.8 Å². The Morgan fingerprint density at radius 3 is 2.41 bits per heavy atom. The zero-order valence-electron chi connectivity index (χ0n) is 17.0. The molecule has 29 heavy (non-hydrogen) atoms. The van der Waals surface area contributed by atoms with Crippen molar-refractivity contribution in [1.29, 1.82) is 0 Å². The van der Waals surface area contributed by atoms with Gasteiger partial charge in [0.25, 0.3) is 0 Å². The Morgan fingerprint density at radius 1 is 1.03 bits per heavy atom. The van der Waals surface area contributed by atoms with Gasteiger partial charge < -0.3 is 14.2 Å². The number of rotatable bonds is 7. The van der Waals surface area contributed by atoms with E-state index in [0.29, 0.717) is 18.1 Å². The maximum atomic E-state index is 12.2. The predicted molar refractivity (Wildman–Crippen MR) is 113 cm³/mol. The Kier molecular flexibility index (Phi) is 6.34. The molecule has 2 aromatic carbocycles. The van der Waals surface area contributed by atoms with E-state index in [9.17, 15) is 4.79 Å². The fourth-order valence-electron chi connectivity index (χ4n) is 3.00. The number of carbonyl (C=O) groups is 1. The first-order valence-electron chi connectivity index (χ1n) is 9.30. The standard InChI is InChI=1S/C23H24N2O4/c1-5-29-23(26)19-15-20(25(24-19)18-9-7-6-8-10-18)16(2)13-17-11-12-21(27-3)22(14-17)28-4/h6-15H,5H2,1-4H3/b16-13-. The van der Waals surface area contributed by atoms with Crippen molar-refractivity contribution in [1.82, 2.24) is 9.78 Å². The van der Waals surface area contributed by atoms with Crippen molar-refractivity contribution in [3.05, 3.63) is 71.5 Å². The highest BCUT2D eigenvalue weighted by molar-refractivity contribution is 5.90. The third-order valence-corrected chi connectivity index (χ3v) is 4.39. The highest BCUT2D eigenvalue weighted by atomic mass is 16.5. The van der Waals surface area contributed by atoms with Crippen LogP contribution in [0.1, 0.15) is 35.6 Å². The van der Waals surface area contributed by atoms with Crippen LogP contribution in [0.4, 0.5) is 0 Å². The smallest absolute Gasteiger partial charge is 0.358 e. The molecule has 0 fully saturated rings. The van der Waals surface area contributed by atoms with Gasteiger partial charge in [-0.1, -0.05) is 24.3 Å². The average molecular weight is 392 g/mol. The molecular formula is C23H24N2O4. The third-order valence-electron chi connectivity index (χ3n) is 4.39. The number of benzene rings is 2. The van der Waals surface area contributed by atoms with Crippen LogP contribution in [0.5, 0.6) is 11.5 Å². The summed E-state index contributed by atoms with van der Waals surface area (Å²) in [4.78, 5) is 12.2. The molecule has 3 aromatic rings. The lowest BCUT2D eigenvalue weighted by molar-refractivity contribution is 0.0519. The highest BCUT2D eigenvalue weighted by Gasteiger charge is 2.17. The number of hydrogen-bond acceptors (Lipinski definition) is 5. The van der Waals surface area contributed by atoms with Gasteiger partial charge in [0, 0.05) is 0 Å². The molecule has 150 valence electrons. The molecule has 0 bridgehead atoms. The van der Waals surface area contributed by atoms with Gasteiger partial charge in [0.1, 0.15) is 0 Å². The number of nitrogens with zero attached hydrogens (tertiary/aromatic N) is 2. The van der Waals surface area contributed by atoms with Crippen LogP contribution in [0.3, 0.4) is 0 Å². The monoisotopic (exact) mass is 392 g/mol. The van der Waals surface area contributed by atoms with Crippen LogP contribution in [-0.4, -0.2) is 36.6 Å². The summed E-state index contributed by atoms with van der Waals surface area (Å²) in [5, 5.41) is 4.48. The van der Waals surface area contributed by atoms with E-state index in [4.69, 9.17) is 14.2 Å². The van der Waals surface area contributed by atoms with Crippen molar-refractivity contribution in [3.8, 4) is 17.2 Å². The summed E-state index contributed by atoms with van der Waals surface area (Å²) < 4.78 is 17.6. The second-order valence-corrected chi connectivity index (χ2v) is 6.32. The van der Waals surface area contributed by atoms with Crippen LogP contribution in [0.15, 0.2) is 54.6 Å². The fourth-order valence-corrected chi connectivity index (χ4v) is 3.00. The largest absolute Gasteiger partial charge is 0.493 e. The van der Waals surface area contributed by atoms with E-state index in [2.05, 4.69) is 5.10 Å². The minimum absolute atomic E-state index is 0.269. The van der Waals surface area contributed by atoms with Crippen molar-refractivity contribution in [3.63, 3.8) is 0 Å². The number of allylic oxidation sites excluding steroid dienone is 1. The number of aromatic nitrogens is 2. The molecule has 0 amide bonds. The van der Waals surface area contributed by atoms with Gasteiger partial charge in [0.05, 0.1) is 32.2 Å².